The molecule has 0 heterocycles. The zero-order chi connectivity index (χ0) is 14.1. The Hall–Kier alpha value is -0.850. The minimum Gasteiger partial charge on any atom is -0.257 e. The molecule has 0 unspecified atom stereocenters. The van der Waals surface area contributed by atoms with Crippen LogP contribution < -0.4 is 0 Å². The summed E-state index contributed by atoms with van der Waals surface area (Å²) in [5.41, 5.74) is 5.37. The molecular formula is C17H29N. The highest BCUT2D eigenvalue weighted by Gasteiger charge is 2.27. The summed E-state index contributed by atoms with van der Waals surface area (Å²) >= 11 is 0. The van der Waals surface area contributed by atoms with Crippen molar-refractivity contribution in [3.05, 3.63) is 23.4 Å². The van der Waals surface area contributed by atoms with Crippen LogP contribution >= 0.6 is 0 Å². The maximum atomic E-state index is 4.92. The average molecular weight is 247 g/mol. The van der Waals surface area contributed by atoms with Crippen LogP contribution in [-0.4, -0.2) is 5.71 Å². The Morgan fingerprint density at radius 3 is 1.89 bits per heavy atom. The predicted octanol–water partition coefficient (Wildman–Crippen LogP) is 5.53. The summed E-state index contributed by atoms with van der Waals surface area (Å²) in [4.78, 5) is 4.92. The number of nitrogens with zero attached hydrogens (tertiary/aromatic N) is 1. The van der Waals surface area contributed by atoms with Gasteiger partial charge in [0.2, 0.25) is 0 Å². The lowest BCUT2D eigenvalue weighted by Crippen LogP contribution is -2.24. The van der Waals surface area contributed by atoms with Gasteiger partial charge < -0.3 is 0 Å². The number of aliphatic imine (C=N–C) groups is 1. The second-order valence-electron chi connectivity index (χ2n) is 7.52. The molecule has 0 radical (unpaired) electrons. The highest BCUT2D eigenvalue weighted by Crippen LogP contribution is 2.35. The summed E-state index contributed by atoms with van der Waals surface area (Å²) in [6.45, 7) is 19.7. The van der Waals surface area contributed by atoms with Crippen molar-refractivity contribution < 1.29 is 0 Å². The molecule has 18 heavy (non-hydrogen) atoms. The van der Waals surface area contributed by atoms with E-state index in [1.54, 1.807) is 0 Å². The van der Waals surface area contributed by atoms with Crippen LogP contribution in [0.4, 0.5) is 0 Å². The Bertz CT molecular complexity index is 394. The van der Waals surface area contributed by atoms with Crippen molar-refractivity contribution in [3.63, 3.8) is 0 Å². The molecule has 0 aliphatic heterocycles. The fraction of sp³-hybridized carbons (Fsp3) is 0.706. The van der Waals surface area contributed by atoms with Gasteiger partial charge in [0.25, 0.3) is 0 Å². The lowest BCUT2D eigenvalue weighted by Gasteiger charge is -2.27. The van der Waals surface area contributed by atoms with Gasteiger partial charge in [0, 0.05) is 22.2 Å². The summed E-state index contributed by atoms with van der Waals surface area (Å²) in [7, 11) is 0. The highest BCUT2D eigenvalue weighted by atomic mass is 14.8. The SMILES string of the molecule is C=C(N=C(C1=C(C)CCC1)C(C)(C)C)C(C)(C)C. The van der Waals surface area contributed by atoms with Gasteiger partial charge in [-0.3, -0.25) is 4.99 Å². The minimum absolute atomic E-state index is 0.0452. The van der Waals surface area contributed by atoms with Crippen LogP contribution in [0.5, 0.6) is 0 Å². The normalized spacial score (nSPS) is 18.5. The van der Waals surface area contributed by atoms with Gasteiger partial charge in [-0.2, -0.15) is 0 Å². The summed E-state index contributed by atoms with van der Waals surface area (Å²) in [6, 6.07) is 0. The summed E-state index contributed by atoms with van der Waals surface area (Å²) in [5, 5.41) is 0. The van der Waals surface area contributed by atoms with Crippen molar-refractivity contribution >= 4 is 5.71 Å². The number of rotatable bonds is 2. The fourth-order valence-corrected chi connectivity index (χ4v) is 2.21. The third-order valence-electron chi connectivity index (χ3n) is 3.60. The zero-order valence-electron chi connectivity index (χ0n) is 13.3. The standard InChI is InChI=1S/C17H29N/c1-12-10-9-11-14(12)15(17(6,7)8)18-13(2)16(3,4)5/h2,9-11H2,1,3-8H3. The van der Waals surface area contributed by atoms with Crippen LogP contribution in [0, 0.1) is 10.8 Å². The molecule has 1 aliphatic rings. The van der Waals surface area contributed by atoms with Crippen molar-refractivity contribution in [1.29, 1.82) is 0 Å². The molecule has 0 amide bonds. The molecule has 0 bridgehead atoms. The first-order valence-electron chi connectivity index (χ1n) is 7.01. The molecule has 1 aliphatic carbocycles. The van der Waals surface area contributed by atoms with Gasteiger partial charge in [-0.25, -0.2) is 0 Å². The Balaban J connectivity index is 3.20. The van der Waals surface area contributed by atoms with E-state index >= 15 is 0 Å². The summed E-state index contributed by atoms with van der Waals surface area (Å²) < 4.78 is 0. The Morgan fingerprint density at radius 2 is 1.56 bits per heavy atom. The second kappa shape index (κ2) is 5.03. The quantitative estimate of drug-likeness (QED) is 0.569. The van der Waals surface area contributed by atoms with E-state index < -0.39 is 0 Å². The van der Waals surface area contributed by atoms with Crippen LogP contribution in [0.15, 0.2) is 28.4 Å². The largest absolute Gasteiger partial charge is 0.257 e. The Morgan fingerprint density at radius 1 is 1.00 bits per heavy atom. The molecule has 0 atom stereocenters. The molecule has 0 aromatic heterocycles. The van der Waals surface area contributed by atoms with Crippen molar-refractivity contribution in [3.8, 4) is 0 Å². The van der Waals surface area contributed by atoms with E-state index in [-0.39, 0.29) is 10.8 Å². The minimum atomic E-state index is 0.0452. The van der Waals surface area contributed by atoms with E-state index in [1.165, 1.54) is 36.1 Å². The van der Waals surface area contributed by atoms with Crippen LogP contribution in [-0.2, 0) is 0 Å². The van der Waals surface area contributed by atoms with Crippen LogP contribution in [0.1, 0.15) is 67.7 Å². The average Bonchev–Trinajstić information content (AvgIpc) is 2.56. The van der Waals surface area contributed by atoms with E-state index in [9.17, 15) is 0 Å². The smallest absolute Gasteiger partial charge is 0.0491 e. The van der Waals surface area contributed by atoms with Crippen molar-refractivity contribution in [2.75, 3.05) is 0 Å². The van der Waals surface area contributed by atoms with Gasteiger partial charge in [-0.15, -0.1) is 0 Å². The van der Waals surface area contributed by atoms with Gasteiger partial charge in [0.1, 0.15) is 0 Å². The lowest BCUT2D eigenvalue weighted by atomic mass is 9.83. The monoisotopic (exact) mass is 247 g/mol. The third-order valence-corrected chi connectivity index (χ3v) is 3.60. The van der Waals surface area contributed by atoms with Gasteiger partial charge in [0.15, 0.2) is 0 Å². The number of hydrogen-bond acceptors (Lipinski definition) is 1. The maximum absolute atomic E-state index is 4.92. The van der Waals surface area contributed by atoms with E-state index in [0.29, 0.717) is 0 Å². The second-order valence-corrected chi connectivity index (χ2v) is 7.52. The van der Waals surface area contributed by atoms with Gasteiger partial charge in [-0.1, -0.05) is 53.7 Å². The molecule has 0 saturated heterocycles. The topological polar surface area (TPSA) is 12.4 Å². The first kappa shape index (κ1) is 15.2. The first-order chi connectivity index (χ1) is 8.03. The van der Waals surface area contributed by atoms with E-state index in [4.69, 9.17) is 4.99 Å². The van der Waals surface area contributed by atoms with Crippen LogP contribution in [0.3, 0.4) is 0 Å². The lowest BCUT2D eigenvalue weighted by molar-refractivity contribution is 0.496. The molecular weight excluding hydrogens is 218 g/mol. The molecule has 0 fully saturated rings. The predicted molar refractivity (Wildman–Crippen MR) is 82.0 cm³/mol. The molecule has 102 valence electrons. The molecule has 0 aromatic rings. The molecule has 1 nitrogen and oxygen atoms in total. The van der Waals surface area contributed by atoms with Crippen LogP contribution in [0.25, 0.3) is 0 Å². The van der Waals surface area contributed by atoms with Crippen molar-refractivity contribution in [1.82, 2.24) is 0 Å². The van der Waals surface area contributed by atoms with Crippen molar-refractivity contribution in [2.24, 2.45) is 15.8 Å². The molecule has 0 N–H and O–H groups in total. The molecule has 0 aromatic carbocycles. The molecule has 1 heteroatoms. The fourth-order valence-electron chi connectivity index (χ4n) is 2.21. The summed E-state index contributed by atoms with van der Waals surface area (Å²) in [6.07, 6.45) is 3.68. The highest BCUT2D eigenvalue weighted by molar-refractivity contribution is 6.05. The third kappa shape index (κ3) is 3.57. The molecule has 0 spiro atoms. The molecule has 0 saturated carbocycles. The Labute approximate surface area is 113 Å². The van der Waals surface area contributed by atoms with E-state index in [0.717, 1.165) is 5.70 Å². The van der Waals surface area contributed by atoms with E-state index in [1.807, 2.05) is 0 Å². The van der Waals surface area contributed by atoms with Gasteiger partial charge in [-0.05, 0) is 31.8 Å². The first-order valence-corrected chi connectivity index (χ1v) is 7.01. The number of hydrogen-bond donors (Lipinski definition) is 0. The number of allylic oxidation sites excluding steroid dienone is 3. The van der Waals surface area contributed by atoms with Gasteiger partial charge >= 0.3 is 0 Å². The maximum Gasteiger partial charge on any atom is 0.0491 e. The van der Waals surface area contributed by atoms with E-state index in [2.05, 4.69) is 55.0 Å². The van der Waals surface area contributed by atoms with Gasteiger partial charge in [0.05, 0.1) is 0 Å². The van der Waals surface area contributed by atoms with Crippen LogP contribution in [0.2, 0.25) is 0 Å². The Kier molecular flexibility index (Phi) is 4.25. The summed E-state index contributed by atoms with van der Waals surface area (Å²) in [5.74, 6) is 0. The van der Waals surface area contributed by atoms with Crippen molar-refractivity contribution in [2.45, 2.75) is 67.7 Å². The zero-order valence-corrected chi connectivity index (χ0v) is 13.3. The molecule has 1 rings (SSSR count).